The molecule has 2 aliphatic heterocycles. The molecule has 7 nitrogen and oxygen atoms in total. The summed E-state index contributed by atoms with van der Waals surface area (Å²) >= 11 is 0. The van der Waals surface area contributed by atoms with Crippen molar-refractivity contribution in [1.82, 2.24) is 14.4 Å². The molecule has 3 aromatic rings. The average molecular weight is 546 g/mol. The SMILES string of the molecule is CCC[n+]1cnc(C2(c3cc(F)c(CN4[C@@H](C)CC[C@H](c5ccccc5)S4(=O)=O)cc3F)CCOCC2)[nH]1. The number of hydrogen-bond acceptors (Lipinski definition) is 4. The normalized spacial score (nSPS) is 23.4. The first kappa shape index (κ1) is 26.9. The molecule has 1 aromatic heterocycles. The molecule has 38 heavy (non-hydrogen) atoms. The third-order valence-corrected chi connectivity index (χ3v) is 10.4. The lowest BCUT2D eigenvalue weighted by atomic mass is 9.73. The highest BCUT2D eigenvalue weighted by Crippen LogP contribution is 2.42. The highest BCUT2D eigenvalue weighted by molar-refractivity contribution is 7.89. The predicted molar refractivity (Wildman–Crippen MR) is 139 cm³/mol. The van der Waals surface area contributed by atoms with Crippen LogP contribution < -0.4 is 4.68 Å². The third-order valence-electron chi connectivity index (χ3n) is 8.01. The van der Waals surface area contributed by atoms with Gasteiger partial charge in [0.2, 0.25) is 10.0 Å². The number of ether oxygens (including phenoxy) is 1. The molecular weight excluding hydrogens is 510 g/mol. The number of rotatable bonds is 7. The molecule has 2 aromatic carbocycles. The van der Waals surface area contributed by atoms with Crippen LogP contribution in [0.15, 0.2) is 48.8 Å². The van der Waals surface area contributed by atoms with E-state index in [0.717, 1.165) is 13.0 Å². The predicted octanol–water partition coefficient (Wildman–Crippen LogP) is 4.54. The number of aryl methyl sites for hydroxylation is 1. The fourth-order valence-corrected chi connectivity index (χ4v) is 8.04. The Hall–Kier alpha value is -2.69. The second-order valence-corrected chi connectivity index (χ2v) is 12.5. The molecule has 0 spiro atoms. The summed E-state index contributed by atoms with van der Waals surface area (Å²) in [6.07, 6.45) is 4.64. The average Bonchev–Trinajstić information content (AvgIpc) is 3.38. The summed E-state index contributed by atoms with van der Waals surface area (Å²) in [5.74, 6) is -0.605. The summed E-state index contributed by atoms with van der Waals surface area (Å²) in [6.45, 7) is 5.20. The van der Waals surface area contributed by atoms with Gasteiger partial charge in [0.1, 0.15) is 23.4 Å². The van der Waals surface area contributed by atoms with Crippen molar-refractivity contribution in [3.8, 4) is 0 Å². The van der Waals surface area contributed by atoms with Crippen molar-refractivity contribution in [3.05, 3.63) is 82.9 Å². The fraction of sp³-hybridized carbons (Fsp3) is 0.500. The Morgan fingerprint density at radius 3 is 2.58 bits per heavy atom. The minimum atomic E-state index is -3.77. The first-order valence-corrected chi connectivity index (χ1v) is 14.8. The van der Waals surface area contributed by atoms with Gasteiger partial charge < -0.3 is 4.74 Å². The molecular formula is C28H35F2N4O3S+. The van der Waals surface area contributed by atoms with Crippen molar-refractivity contribution in [2.45, 2.75) is 75.7 Å². The van der Waals surface area contributed by atoms with Crippen LogP contribution >= 0.6 is 0 Å². The Kier molecular flexibility index (Phi) is 7.66. The summed E-state index contributed by atoms with van der Waals surface area (Å²) in [4.78, 5) is 4.54. The lowest BCUT2D eigenvalue weighted by Gasteiger charge is -2.38. The minimum absolute atomic E-state index is 0.0260. The van der Waals surface area contributed by atoms with Crippen LogP contribution in [0.3, 0.4) is 0 Å². The number of halogens is 2. The zero-order valence-corrected chi connectivity index (χ0v) is 22.7. The summed E-state index contributed by atoms with van der Waals surface area (Å²) in [5.41, 5.74) is 0.102. The number of sulfonamides is 1. The molecule has 10 heteroatoms. The van der Waals surface area contributed by atoms with Gasteiger partial charge in [0.25, 0.3) is 5.82 Å². The summed E-state index contributed by atoms with van der Waals surface area (Å²) in [6, 6.07) is 11.2. The summed E-state index contributed by atoms with van der Waals surface area (Å²) < 4.78 is 67.5. The number of nitrogens with one attached hydrogen (secondary N) is 1. The van der Waals surface area contributed by atoms with Gasteiger partial charge in [0, 0.05) is 36.9 Å². The molecule has 2 fully saturated rings. The highest BCUT2D eigenvalue weighted by Gasteiger charge is 2.46. The number of H-pyrrole nitrogens is 1. The second kappa shape index (κ2) is 10.8. The maximum absolute atomic E-state index is 15.9. The van der Waals surface area contributed by atoms with E-state index in [4.69, 9.17) is 4.74 Å². The fourth-order valence-electron chi connectivity index (χ4n) is 5.86. The van der Waals surface area contributed by atoms with E-state index < -0.39 is 32.3 Å². The van der Waals surface area contributed by atoms with Gasteiger partial charge in [-0.1, -0.05) is 37.3 Å². The molecule has 0 bridgehead atoms. The van der Waals surface area contributed by atoms with E-state index in [2.05, 4.69) is 17.0 Å². The Balaban J connectivity index is 1.49. The van der Waals surface area contributed by atoms with Crippen molar-refractivity contribution in [2.24, 2.45) is 0 Å². The quantitative estimate of drug-likeness (QED) is 0.443. The van der Waals surface area contributed by atoms with E-state index in [1.54, 1.807) is 18.5 Å². The van der Waals surface area contributed by atoms with Crippen LogP contribution in [0.2, 0.25) is 0 Å². The van der Waals surface area contributed by atoms with Crippen LogP contribution in [-0.4, -0.2) is 42.1 Å². The highest BCUT2D eigenvalue weighted by atomic mass is 32.2. The van der Waals surface area contributed by atoms with E-state index in [0.29, 0.717) is 50.3 Å². The van der Waals surface area contributed by atoms with E-state index in [1.165, 1.54) is 16.4 Å². The molecule has 2 atom stereocenters. The molecule has 2 saturated heterocycles. The lowest BCUT2D eigenvalue weighted by molar-refractivity contribution is -0.751. The number of nitrogens with zero attached hydrogens (tertiary/aromatic N) is 3. The molecule has 2 aliphatic rings. The number of aromatic amines is 1. The van der Waals surface area contributed by atoms with E-state index in [9.17, 15) is 8.42 Å². The van der Waals surface area contributed by atoms with Gasteiger partial charge in [-0.2, -0.15) is 14.1 Å². The number of aromatic nitrogens is 3. The summed E-state index contributed by atoms with van der Waals surface area (Å²) in [7, 11) is -3.77. The van der Waals surface area contributed by atoms with Crippen molar-refractivity contribution >= 4 is 10.0 Å². The van der Waals surface area contributed by atoms with Crippen molar-refractivity contribution in [1.29, 1.82) is 0 Å². The number of benzene rings is 2. The summed E-state index contributed by atoms with van der Waals surface area (Å²) in [5, 5.41) is 2.56. The van der Waals surface area contributed by atoms with Gasteiger partial charge >= 0.3 is 6.33 Å². The Morgan fingerprint density at radius 1 is 1.13 bits per heavy atom. The van der Waals surface area contributed by atoms with Crippen molar-refractivity contribution < 1.29 is 26.6 Å². The van der Waals surface area contributed by atoms with E-state index in [1.807, 2.05) is 29.8 Å². The van der Waals surface area contributed by atoms with Crippen LogP contribution in [0.1, 0.15) is 73.7 Å². The zero-order valence-electron chi connectivity index (χ0n) is 21.9. The van der Waals surface area contributed by atoms with Gasteiger partial charge in [-0.3, -0.25) is 0 Å². The first-order valence-electron chi connectivity index (χ1n) is 13.3. The van der Waals surface area contributed by atoms with Gasteiger partial charge in [-0.15, -0.1) is 0 Å². The molecule has 0 amide bonds. The topological polar surface area (TPSA) is 79.2 Å². The van der Waals surface area contributed by atoms with E-state index >= 15 is 8.78 Å². The van der Waals surface area contributed by atoms with Gasteiger partial charge in [-0.05, 0) is 61.7 Å². The minimum Gasteiger partial charge on any atom is -0.381 e. The second-order valence-electron chi connectivity index (χ2n) is 10.4. The monoisotopic (exact) mass is 545 g/mol. The van der Waals surface area contributed by atoms with Crippen molar-refractivity contribution in [3.63, 3.8) is 0 Å². The van der Waals surface area contributed by atoms with Crippen LogP contribution in [0, 0.1) is 11.6 Å². The molecule has 0 radical (unpaired) electrons. The molecule has 1 N–H and O–H groups in total. The van der Waals surface area contributed by atoms with Crippen LogP contribution in [0.4, 0.5) is 8.78 Å². The Bertz CT molecular complexity index is 1370. The molecule has 0 unspecified atom stereocenters. The third kappa shape index (κ3) is 4.89. The van der Waals surface area contributed by atoms with Gasteiger partial charge in [-0.25, -0.2) is 17.2 Å². The van der Waals surface area contributed by atoms with Crippen molar-refractivity contribution in [2.75, 3.05) is 13.2 Å². The van der Waals surface area contributed by atoms with Crippen LogP contribution in [0.5, 0.6) is 0 Å². The first-order chi connectivity index (χ1) is 18.3. The Morgan fingerprint density at radius 2 is 1.87 bits per heavy atom. The lowest BCUT2D eigenvalue weighted by Crippen LogP contribution is -2.45. The van der Waals surface area contributed by atoms with Gasteiger partial charge in [0.15, 0.2) is 0 Å². The van der Waals surface area contributed by atoms with Crippen LogP contribution in [-0.2, 0) is 33.3 Å². The molecule has 0 saturated carbocycles. The van der Waals surface area contributed by atoms with E-state index in [-0.39, 0.29) is 23.7 Å². The molecule has 3 heterocycles. The smallest absolute Gasteiger partial charge is 0.307 e. The zero-order chi connectivity index (χ0) is 26.9. The maximum Gasteiger partial charge on any atom is 0.307 e. The number of hydrogen-bond donors (Lipinski definition) is 1. The molecule has 5 rings (SSSR count). The largest absolute Gasteiger partial charge is 0.381 e. The Labute approximate surface area is 222 Å². The molecule has 204 valence electrons. The maximum atomic E-state index is 15.9. The van der Waals surface area contributed by atoms with Crippen LogP contribution in [0.25, 0.3) is 0 Å². The van der Waals surface area contributed by atoms with Gasteiger partial charge in [0.05, 0.1) is 5.41 Å². The standard InChI is InChI=1S/C28H34F2N4O3S/c1-3-13-33-19-31-27(32-33)28(11-14-37-15-12-28)23-17-24(29)22(16-25(23)30)18-34-20(2)9-10-26(38(34,35)36)21-7-5-4-6-8-21/h4-8,16-17,19-20,26H,3,9-15,18H2,1-2H3/p+1/t20-,26+/m0/s1. The molecule has 0 aliphatic carbocycles.